The molecule has 0 unspecified atom stereocenters. The normalized spacial score (nSPS) is 10.6. The van der Waals surface area contributed by atoms with E-state index in [-0.39, 0.29) is 5.82 Å². The highest BCUT2D eigenvalue weighted by atomic mass is 19.1. The highest BCUT2D eigenvalue weighted by Crippen LogP contribution is 2.21. The van der Waals surface area contributed by atoms with Gasteiger partial charge in [-0.15, -0.1) is 0 Å². The van der Waals surface area contributed by atoms with Crippen LogP contribution < -0.4 is 9.47 Å². The summed E-state index contributed by atoms with van der Waals surface area (Å²) >= 11 is 0. The topological polar surface area (TPSA) is 59.3 Å². The van der Waals surface area contributed by atoms with Crippen molar-refractivity contribution in [3.63, 3.8) is 0 Å². The lowest BCUT2D eigenvalue weighted by molar-refractivity contribution is -0.149. The third kappa shape index (κ3) is 3.83. The number of carbonyl (C=O) groups is 1. The number of esters is 1. The Morgan fingerprint density at radius 3 is 2.14 bits per heavy atom. The summed E-state index contributed by atoms with van der Waals surface area (Å²) < 4.78 is 23.6. The molecule has 0 spiro atoms. The summed E-state index contributed by atoms with van der Waals surface area (Å²) in [6.45, 7) is 3.12. The third-order valence-corrected chi connectivity index (χ3v) is 2.87. The lowest BCUT2D eigenvalue weighted by Gasteiger charge is -2.24. The summed E-state index contributed by atoms with van der Waals surface area (Å²) in [5, 5.41) is 8.72. The highest BCUT2D eigenvalue weighted by Gasteiger charge is 2.32. The van der Waals surface area contributed by atoms with Crippen LogP contribution in [0.1, 0.15) is 19.4 Å². The van der Waals surface area contributed by atoms with Gasteiger partial charge in [0.1, 0.15) is 17.3 Å². The van der Waals surface area contributed by atoms with Gasteiger partial charge in [0.25, 0.3) is 0 Å². The number of nitrogens with zero attached hydrogens (tertiary/aromatic N) is 1. The van der Waals surface area contributed by atoms with Gasteiger partial charge in [0.2, 0.25) is 5.60 Å². The predicted octanol–water partition coefficient (Wildman–Crippen LogP) is 3.46. The van der Waals surface area contributed by atoms with Crippen LogP contribution in [0.2, 0.25) is 0 Å². The van der Waals surface area contributed by atoms with Gasteiger partial charge in [-0.05, 0) is 62.4 Å². The zero-order valence-corrected chi connectivity index (χ0v) is 12.2. The Balaban J connectivity index is 2.06. The first-order chi connectivity index (χ1) is 10.4. The van der Waals surface area contributed by atoms with E-state index >= 15 is 0 Å². The minimum absolute atomic E-state index is 0.319. The van der Waals surface area contributed by atoms with Gasteiger partial charge in [-0.25, -0.2) is 9.18 Å². The Bertz CT molecular complexity index is 700. The lowest BCUT2D eigenvalue weighted by Crippen LogP contribution is -2.41. The van der Waals surface area contributed by atoms with E-state index in [0.29, 0.717) is 17.1 Å². The second-order valence-corrected chi connectivity index (χ2v) is 5.09. The van der Waals surface area contributed by atoms with E-state index < -0.39 is 11.6 Å². The van der Waals surface area contributed by atoms with E-state index in [1.807, 2.05) is 6.07 Å². The number of rotatable bonds is 4. The van der Waals surface area contributed by atoms with Crippen molar-refractivity contribution in [3.8, 4) is 17.6 Å². The fourth-order valence-corrected chi connectivity index (χ4v) is 1.67. The maximum absolute atomic E-state index is 12.9. The van der Waals surface area contributed by atoms with Crippen LogP contribution in [0.25, 0.3) is 0 Å². The number of hydrogen-bond acceptors (Lipinski definition) is 4. The average molecular weight is 299 g/mol. The summed E-state index contributed by atoms with van der Waals surface area (Å²) in [6, 6.07) is 13.5. The van der Waals surface area contributed by atoms with E-state index in [1.165, 1.54) is 36.4 Å². The molecule has 0 aliphatic carbocycles. The number of benzene rings is 2. The van der Waals surface area contributed by atoms with Crippen LogP contribution in [0, 0.1) is 17.1 Å². The first-order valence-corrected chi connectivity index (χ1v) is 6.58. The van der Waals surface area contributed by atoms with Gasteiger partial charge < -0.3 is 9.47 Å². The Morgan fingerprint density at radius 2 is 1.59 bits per heavy atom. The van der Waals surface area contributed by atoms with Gasteiger partial charge in [-0.1, -0.05) is 0 Å². The van der Waals surface area contributed by atoms with Crippen LogP contribution in [-0.4, -0.2) is 11.6 Å². The smallest absolute Gasteiger partial charge is 0.355 e. The standard InChI is InChI=1S/C17H14FNO3/c1-17(2,22-15-9-5-13(18)6-10-15)16(20)21-14-7-3-12(11-19)4-8-14/h3-10H,1-2H3. The van der Waals surface area contributed by atoms with Crippen LogP contribution in [0.3, 0.4) is 0 Å². The summed E-state index contributed by atoms with van der Waals surface area (Å²) in [5.41, 5.74) is -0.771. The SMILES string of the molecule is CC(C)(Oc1ccc(F)cc1)C(=O)Oc1ccc(C#N)cc1. The Hall–Kier alpha value is -2.87. The molecule has 0 atom stereocenters. The predicted molar refractivity (Wildman–Crippen MR) is 77.9 cm³/mol. The molecule has 0 heterocycles. The quantitative estimate of drug-likeness (QED) is 0.641. The number of ether oxygens (including phenoxy) is 2. The third-order valence-electron chi connectivity index (χ3n) is 2.87. The molecule has 2 rings (SSSR count). The van der Waals surface area contributed by atoms with Crippen molar-refractivity contribution in [3.05, 3.63) is 59.9 Å². The molecule has 2 aromatic rings. The molecule has 0 saturated carbocycles. The molecule has 0 aliphatic rings. The first-order valence-electron chi connectivity index (χ1n) is 6.58. The molecule has 112 valence electrons. The Labute approximate surface area is 127 Å². The van der Waals surface area contributed by atoms with Gasteiger partial charge in [0, 0.05) is 0 Å². The molecule has 0 fully saturated rings. The molecule has 0 amide bonds. The molecular weight excluding hydrogens is 285 g/mol. The molecule has 0 aromatic heterocycles. The van der Waals surface area contributed by atoms with E-state index in [1.54, 1.807) is 26.0 Å². The van der Waals surface area contributed by atoms with E-state index in [2.05, 4.69) is 0 Å². The Morgan fingerprint density at radius 1 is 1.05 bits per heavy atom. The number of carbonyl (C=O) groups excluding carboxylic acids is 1. The van der Waals surface area contributed by atoms with Crippen molar-refractivity contribution in [1.29, 1.82) is 5.26 Å². The maximum atomic E-state index is 12.9. The summed E-state index contributed by atoms with van der Waals surface area (Å²) in [4.78, 5) is 12.2. The van der Waals surface area contributed by atoms with Gasteiger partial charge in [0.05, 0.1) is 11.6 Å². The minimum Gasteiger partial charge on any atom is -0.476 e. The van der Waals surface area contributed by atoms with Gasteiger partial charge in [-0.2, -0.15) is 5.26 Å². The molecule has 0 radical (unpaired) electrons. The van der Waals surface area contributed by atoms with E-state index in [0.717, 1.165) is 0 Å². The van der Waals surface area contributed by atoms with Crippen molar-refractivity contribution < 1.29 is 18.7 Å². The van der Waals surface area contributed by atoms with Crippen molar-refractivity contribution in [1.82, 2.24) is 0 Å². The van der Waals surface area contributed by atoms with Crippen LogP contribution >= 0.6 is 0 Å². The monoisotopic (exact) mass is 299 g/mol. The molecule has 0 N–H and O–H groups in total. The number of hydrogen-bond donors (Lipinski definition) is 0. The van der Waals surface area contributed by atoms with E-state index in [4.69, 9.17) is 14.7 Å². The minimum atomic E-state index is -1.24. The molecular formula is C17H14FNO3. The zero-order chi connectivity index (χ0) is 16.2. The average Bonchev–Trinajstić information content (AvgIpc) is 2.50. The first kappa shape index (κ1) is 15.5. The van der Waals surface area contributed by atoms with Crippen molar-refractivity contribution >= 4 is 5.97 Å². The van der Waals surface area contributed by atoms with Gasteiger partial charge in [0.15, 0.2) is 0 Å². The summed E-state index contributed by atoms with van der Waals surface area (Å²) in [5.74, 6) is -0.296. The maximum Gasteiger partial charge on any atom is 0.355 e. The number of nitriles is 1. The zero-order valence-electron chi connectivity index (χ0n) is 12.2. The van der Waals surface area contributed by atoms with Gasteiger partial charge >= 0.3 is 5.97 Å². The van der Waals surface area contributed by atoms with Crippen molar-refractivity contribution in [2.45, 2.75) is 19.4 Å². The molecule has 4 nitrogen and oxygen atoms in total. The van der Waals surface area contributed by atoms with Crippen LogP contribution in [0.15, 0.2) is 48.5 Å². The van der Waals surface area contributed by atoms with Crippen molar-refractivity contribution in [2.24, 2.45) is 0 Å². The van der Waals surface area contributed by atoms with Crippen molar-refractivity contribution in [2.75, 3.05) is 0 Å². The lowest BCUT2D eigenvalue weighted by atomic mass is 10.1. The molecule has 0 aliphatic heterocycles. The van der Waals surface area contributed by atoms with Crippen LogP contribution in [0.5, 0.6) is 11.5 Å². The van der Waals surface area contributed by atoms with E-state index in [9.17, 15) is 9.18 Å². The van der Waals surface area contributed by atoms with Gasteiger partial charge in [-0.3, -0.25) is 0 Å². The van der Waals surface area contributed by atoms with Crippen LogP contribution in [-0.2, 0) is 4.79 Å². The fraction of sp³-hybridized carbons (Fsp3) is 0.176. The second kappa shape index (κ2) is 6.27. The molecule has 2 aromatic carbocycles. The molecule has 5 heteroatoms. The molecule has 0 saturated heterocycles. The highest BCUT2D eigenvalue weighted by molar-refractivity contribution is 5.81. The summed E-state index contributed by atoms with van der Waals surface area (Å²) in [7, 11) is 0. The Kier molecular flexibility index (Phi) is 4.42. The fourth-order valence-electron chi connectivity index (χ4n) is 1.67. The largest absolute Gasteiger partial charge is 0.476 e. The summed E-state index contributed by atoms with van der Waals surface area (Å²) in [6.07, 6.45) is 0. The molecule has 22 heavy (non-hydrogen) atoms. The second-order valence-electron chi connectivity index (χ2n) is 5.09. The molecule has 0 bridgehead atoms. The van der Waals surface area contributed by atoms with Crippen LogP contribution in [0.4, 0.5) is 4.39 Å². The number of halogens is 1.